The predicted octanol–water partition coefficient (Wildman–Crippen LogP) is 4.14. The lowest BCUT2D eigenvalue weighted by Crippen LogP contribution is -2.55. The van der Waals surface area contributed by atoms with E-state index in [1.807, 2.05) is 62.4 Å². The van der Waals surface area contributed by atoms with Crippen molar-refractivity contribution in [2.45, 2.75) is 31.2 Å². The molecule has 0 spiro atoms. The summed E-state index contributed by atoms with van der Waals surface area (Å²) in [6.07, 6.45) is 4.51. The summed E-state index contributed by atoms with van der Waals surface area (Å²) in [6, 6.07) is 23.5. The van der Waals surface area contributed by atoms with E-state index >= 15 is 0 Å². The van der Waals surface area contributed by atoms with Crippen molar-refractivity contribution in [3.63, 3.8) is 0 Å². The molecule has 1 aliphatic rings. The number of carbonyl (C=O) groups excluding carboxylic acids is 1. The van der Waals surface area contributed by atoms with Crippen LogP contribution in [0.4, 0.5) is 0 Å². The van der Waals surface area contributed by atoms with Gasteiger partial charge in [-0.1, -0.05) is 72.8 Å². The molecule has 1 aliphatic heterocycles. The second-order valence-electron chi connectivity index (χ2n) is 9.66. The summed E-state index contributed by atoms with van der Waals surface area (Å²) >= 11 is 0. The van der Waals surface area contributed by atoms with Gasteiger partial charge in [-0.2, -0.15) is 4.72 Å². The van der Waals surface area contributed by atoms with Crippen molar-refractivity contribution in [3.8, 4) is 5.75 Å². The highest BCUT2D eigenvalue weighted by Crippen LogP contribution is 2.22. The van der Waals surface area contributed by atoms with E-state index in [9.17, 15) is 13.2 Å². The first-order chi connectivity index (χ1) is 18.9. The predicted molar refractivity (Wildman–Crippen MR) is 155 cm³/mol. The minimum Gasteiger partial charge on any atom is -0.494 e. The molecule has 3 aromatic rings. The number of benzene rings is 3. The topological polar surface area (TPSA) is 78.9 Å². The van der Waals surface area contributed by atoms with Crippen LogP contribution in [0.1, 0.15) is 23.6 Å². The number of ether oxygens (including phenoxy) is 1. The monoisotopic (exact) mass is 547 g/mol. The highest BCUT2D eigenvalue weighted by atomic mass is 32.2. The van der Waals surface area contributed by atoms with Gasteiger partial charge in [0, 0.05) is 32.7 Å². The first-order valence-corrected chi connectivity index (χ1v) is 14.9. The summed E-state index contributed by atoms with van der Waals surface area (Å²) < 4.78 is 35.0. The van der Waals surface area contributed by atoms with Gasteiger partial charge in [-0.15, -0.1) is 0 Å². The standard InChI is InChI=1S/C31H37N3O4S/c1-3-38-30-17-16-28(23-25(30)2)39(36,37)32-29(24-27-13-8-5-9-14-27)31(35)34-21-19-33(20-22-34)18-10-15-26-11-6-4-7-12-26/h4-17,23,29,32H,3,18-22,24H2,1-2H3/b15-10+/t29-/m0/s1. The van der Waals surface area contributed by atoms with Crippen LogP contribution in [0.5, 0.6) is 5.75 Å². The van der Waals surface area contributed by atoms with E-state index in [4.69, 9.17) is 4.74 Å². The van der Waals surface area contributed by atoms with Gasteiger partial charge >= 0.3 is 0 Å². The summed E-state index contributed by atoms with van der Waals surface area (Å²) in [5.74, 6) is 0.439. The highest BCUT2D eigenvalue weighted by molar-refractivity contribution is 7.89. The Morgan fingerprint density at radius 2 is 1.64 bits per heavy atom. The molecule has 3 aromatic carbocycles. The van der Waals surface area contributed by atoms with E-state index in [0.29, 0.717) is 25.4 Å². The summed E-state index contributed by atoms with van der Waals surface area (Å²) in [5.41, 5.74) is 2.78. The van der Waals surface area contributed by atoms with Gasteiger partial charge in [0.15, 0.2) is 0 Å². The van der Waals surface area contributed by atoms with Crippen LogP contribution in [0.3, 0.4) is 0 Å². The van der Waals surface area contributed by atoms with Crippen molar-refractivity contribution in [2.75, 3.05) is 39.3 Å². The van der Waals surface area contributed by atoms with E-state index in [-0.39, 0.29) is 17.2 Å². The van der Waals surface area contributed by atoms with Gasteiger partial charge in [-0.05, 0) is 55.2 Å². The second-order valence-corrected chi connectivity index (χ2v) is 11.4. The van der Waals surface area contributed by atoms with Gasteiger partial charge in [-0.3, -0.25) is 9.69 Å². The van der Waals surface area contributed by atoms with E-state index in [1.165, 1.54) is 6.07 Å². The highest BCUT2D eigenvalue weighted by Gasteiger charge is 2.31. The number of hydrogen-bond acceptors (Lipinski definition) is 5. The Balaban J connectivity index is 1.43. The Bertz CT molecular complexity index is 1350. The van der Waals surface area contributed by atoms with Crippen LogP contribution >= 0.6 is 0 Å². The first kappa shape index (κ1) is 28.5. The number of sulfonamides is 1. The Kier molecular flexibility index (Phi) is 9.92. The van der Waals surface area contributed by atoms with Crippen molar-refractivity contribution in [2.24, 2.45) is 0 Å². The number of rotatable bonds is 11. The third kappa shape index (κ3) is 8.02. The zero-order valence-electron chi connectivity index (χ0n) is 22.6. The smallest absolute Gasteiger partial charge is 0.241 e. The Morgan fingerprint density at radius 1 is 0.974 bits per heavy atom. The van der Waals surface area contributed by atoms with Gasteiger partial charge in [0.25, 0.3) is 0 Å². The fraction of sp³-hybridized carbons (Fsp3) is 0.323. The van der Waals surface area contributed by atoms with Crippen LogP contribution in [-0.2, 0) is 21.2 Å². The molecular weight excluding hydrogens is 510 g/mol. The molecule has 0 radical (unpaired) electrons. The maximum Gasteiger partial charge on any atom is 0.241 e. The van der Waals surface area contributed by atoms with Crippen LogP contribution < -0.4 is 9.46 Å². The van der Waals surface area contributed by atoms with Gasteiger partial charge in [0.2, 0.25) is 15.9 Å². The van der Waals surface area contributed by atoms with Crippen LogP contribution in [-0.4, -0.2) is 69.5 Å². The number of piperazine rings is 1. The molecule has 7 nitrogen and oxygen atoms in total. The molecule has 206 valence electrons. The van der Waals surface area contributed by atoms with E-state index in [2.05, 4.69) is 33.9 Å². The quantitative estimate of drug-likeness (QED) is 0.390. The molecule has 0 saturated carbocycles. The number of hydrogen-bond donors (Lipinski definition) is 1. The average Bonchev–Trinajstić information content (AvgIpc) is 2.95. The Hall–Kier alpha value is -3.46. The largest absolute Gasteiger partial charge is 0.494 e. The van der Waals surface area contributed by atoms with Crippen molar-refractivity contribution < 1.29 is 17.9 Å². The first-order valence-electron chi connectivity index (χ1n) is 13.4. The lowest BCUT2D eigenvalue weighted by molar-refractivity contribution is -0.134. The summed E-state index contributed by atoms with van der Waals surface area (Å²) in [6.45, 7) is 7.54. The molecule has 0 aliphatic carbocycles. The minimum absolute atomic E-state index is 0.115. The minimum atomic E-state index is -3.94. The number of amides is 1. The molecule has 1 amide bonds. The van der Waals surface area contributed by atoms with Crippen LogP contribution in [0.25, 0.3) is 6.08 Å². The molecule has 0 bridgehead atoms. The molecule has 1 heterocycles. The van der Waals surface area contributed by atoms with E-state index < -0.39 is 16.1 Å². The molecule has 1 saturated heterocycles. The second kappa shape index (κ2) is 13.6. The normalized spacial score (nSPS) is 15.4. The van der Waals surface area contributed by atoms with Crippen LogP contribution in [0.15, 0.2) is 89.8 Å². The molecular formula is C31H37N3O4S. The molecule has 4 rings (SSSR count). The molecule has 1 fully saturated rings. The molecule has 0 unspecified atom stereocenters. The number of carbonyl (C=O) groups is 1. The van der Waals surface area contributed by atoms with Gasteiger partial charge in [0.1, 0.15) is 11.8 Å². The lowest BCUT2D eigenvalue weighted by Gasteiger charge is -2.36. The zero-order valence-corrected chi connectivity index (χ0v) is 23.4. The van der Waals surface area contributed by atoms with Crippen molar-refractivity contribution in [1.82, 2.24) is 14.5 Å². The maximum absolute atomic E-state index is 13.7. The average molecular weight is 548 g/mol. The van der Waals surface area contributed by atoms with Crippen LogP contribution in [0, 0.1) is 6.92 Å². The lowest BCUT2D eigenvalue weighted by atomic mass is 10.1. The van der Waals surface area contributed by atoms with E-state index in [1.54, 1.807) is 17.0 Å². The molecule has 8 heteroatoms. The fourth-order valence-corrected chi connectivity index (χ4v) is 5.94. The third-order valence-electron chi connectivity index (χ3n) is 6.79. The van der Waals surface area contributed by atoms with Gasteiger partial charge in [-0.25, -0.2) is 8.42 Å². The van der Waals surface area contributed by atoms with Crippen molar-refractivity contribution >= 4 is 22.0 Å². The van der Waals surface area contributed by atoms with E-state index in [0.717, 1.165) is 36.3 Å². The Morgan fingerprint density at radius 3 is 2.28 bits per heavy atom. The van der Waals surface area contributed by atoms with Crippen LogP contribution in [0.2, 0.25) is 0 Å². The summed E-state index contributed by atoms with van der Waals surface area (Å²) in [4.78, 5) is 17.9. The van der Waals surface area contributed by atoms with Crippen molar-refractivity contribution in [1.29, 1.82) is 0 Å². The molecule has 0 aromatic heterocycles. The number of aryl methyl sites for hydroxylation is 1. The molecule has 1 atom stereocenters. The zero-order chi connectivity index (χ0) is 27.7. The molecule has 39 heavy (non-hydrogen) atoms. The SMILES string of the molecule is CCOc1ccc(S(=O)(=O)N[C@@H](Cc2ccccc2)C(=O)N2CCN(C/C=C/c3ccccc3)CC2)cc1C. The summed E-state index contributed by atoms with van der Waals surface area (Å²) in [5, 5.41) is 0. The molecule has 1 N–H and O–H groups in total. The third-order valence-corrected chi connectivity index (χ3v) is 8.26. The maximum atomic E-state index is 13.7. The number of nitrogens with one attached hydrogen (secondary N) is 1. The fourth-order valence-electron chi connectivity index (χ4n) is 4.66. The summed E-state index contributed by atoms with van der Waals surface area (Å²) in [7, 11) is -3.94. The van der Waals surface area contributed by atoms with Crippen molar-refractivity contribution in [3.05, 3.63) is 102 Å². The van der Waals surface area contributed by atoms with Gasteiger partial charge < -0.3 is 9.64 Å². The number of nitrogens with zero attached hydrogens (tertiary/aromatic N) is 2. The van der Waals surface area contributed by atoms with Gasteiger partial charge in [0.05, 0.1) is 11.5 Å². The Labute approximate surface area is 232 Å².